The normalized spacial score (nSPS) is 10.3. The number of carboxylic acid groups (broad SMARTS) is 1. The average molecular weight is 287 g/mol. The minimum Gasteiger partial charge on any atom is -0.477 e. The van der Waals surface area contributed by atoms with Gasteiger partial charge in [-0.3, -0.25) is 4.79 Å². The second kappa shape index (κ2) is 6.69. The molecule has 0 spiro atoms. The Balaban J connectivity index is 1.97. The lowest BCUT2D eigenvalue weighted by molar-refractivity contribution is 0.0690. The van der Waals surface area contributed by atoms with E-state index in [1.807, 2.05) is 16.8 Å². The summed E-state index contributed by atoms with van der Waals surface area (Å²) in [5, 5.41) is 11.6. The van der Waals surface area contributed by atoms with Gasteiger partial charge in [-0.15, -0.1) is 0 Å². The molecule has 0 radical (unpaired) electrons. The molecule has 21 heavy (non-hydrogen) atoms. The van der Waals surface area contributed by atoms with Gasteiger partial charge in [-0.25, -0.2) is 9.78 Å². The maximum Gasteiger partial charge on any atom is 0.354 e. The summed E-state index contributed by atoms with van der Waals surface area (Å²) < 4.78 is 1.90. The van der Waals surface area contributed by atoms with Crippen LogP contribution >= 0.6 is 0 Å². The number of hydrogen-bond donors (Lipinski definition) is 2. The molecule has 0 saturated heterocycles. The Hall–Kier alpha value is -2.63. The monoisotopic (exact) mass is 287 g/mol. The smallest absolute Gasteiger partial charge is 0.354 e. The molecule has 0 aliphatic heterocycles. The van der Waals surface area contributed by atoms with Gasteiger partial charge in [0, 0.05) is 25.5 Å². The number of carboxylic acids is 1. The summed E-state index contributed by atoms with van der Waals surface area (Å²) in [6.45, 7) is 3.16. The van der Waals surface area contributed by atoms with E-state index >= 15 is 0 Å². The fraction of sp³-hybridized carbons (Fsp3) is 0.267. The third-order valence-electron chi connectivity index (χ3n) is 3.02. The van der Waals surface area contributed by atoms with Gasteiger partial charge in [0.15, 0.2) is 0 Å². The van der Waals surface area contributed by atoms with E-state index in [2.05, 4.69) is 17.2 Å². The van der Waals surface area contributed by atoms with E-state index in [9.17, 15) is 9.59 Å². The van der Waals surface area contributed by atoms with Crippen LogP contribution in [-0.4, -0.2) is 26.5 Å². The van der Waals surface area contributed by atoms with Crippen LogP contribution < -0.4 is 5.32 Å². The summed E-state index contributed by atoms with van der Waals surface area (Å²) in [6, 6.07) is 6.68. The predicted molar refractivity (Wildman–Crippen MR) is 77.1 cm³/mol. The largest absolute Gasteiger partial charge is 0.477 e. The molecular weight excluding hydrogens is 270 g/mol. The van der Waals surface area contributed by atoms with Crippen molar-refractivity contribution < 1.29 is 14.7 Å². The summed E-state index contributed by atoms with van der Waals surface area (Å²) in [5.41, 5.74) is 1.36. The van der Waals surface area contributed by atoms with Crippen molar-refractivity contribution in [1.29, 1.82) is 0 Å². The number of aromatic nitrogens is 2. The minimum atomic E-state index is -1.07. The molecule has 2 heterocycles. The van der Waals surface area contributed by atoms with Crippen molar-refractivity contribution in [2.75, 3.05) is 0 Å². The molecule has 2 aromatic rings. The third-order valence-corrected chi connectivity index (χ3v) is 3.02. The van der Waals surface area contributed by atoms with E-state index in [1.165, 1.54) is 12.3 Å². The van der Waals surface area contributed by atoms with Gasteiger partial charge in [-0.1, -0.05) is 13.0 Å². The first kappa shape index (κ1) is 14.8. The van der Waals surface area contributed by atoms with Crippen LogP contribution in [0.2, 0.25) is 0 Å². The third kappa shape index (κ3) is 3.68. The van der Waals surface area contributed by atoms with Gasteiger partial charge in [0.05, 0.1) is 0 Å². The standard InChI is InChI=1S/C15H17N3O3/c1-2-7-18-8-3-4-13(18)14(19)17-10-11-5-6-12(15(20)21)16-9-11/h3-6,8-9H,2,7,10H2,1H3,(H,17,19)(H,20,21). The number of hydrogen-bond acceptors (Lipinski definition) is 3. The number of amides is 1. The average Bonchev–Trinajstić information content (AvgIpc) is 2.94. The highest BCUT2D eigenvalue weighted by molar-refractivity contribution is 5.92. The number of pyridine rings is 1. The van der Waals surface area contributed by atoms with Gasteiger partial charge in [-0.2, -0.15) is 0 Å². The number of carbonyl (C=O) groups excluding carboxylic acids is 1. The quantitative estimate of drug-likeness (QED) is 0.850. The molecule has 0 atom stereocenters. The number of rotatable bonds is 6. The number of carbonyl (C=O) groups is 2. The van der Waals surface area contributed by atoms with Crippen LogP contribution in [0.15, 0.2) is 36.7 Å². The lowest BCUT2D eigenvalue weighted by Crippen LogP contribution is -2.25. The van der Waals surface area contributed by atoms with Crippen molar-refractivity contribution in [1.82, 2.24) is 14.9 Å². The second-order valence-electron chi connectivity index (χ2n) is 4.63. The van der Waals surface area contributed by atoms with Gasteiger partial charge in [0.2, 0.25) is 0 Å². The predicted octanol–water partition coefficient (Wildman–Crippen LogP) is 1.92. The van der Waals surface area contributed by atoms with Gasteiger partial charge >= 0.3 is 5.97 Å². The number of nitrogens with one attached hydrogen (secondary N) is 1. The zero-order chi connectivity index (χ0) is 15.2. The SMILES string of the molecule is CCCn1cccc1C(=O)NCc1ccc(C(=O)O)nc1. The molecule has 0 saturated carbocycles. The fourth-order valence-corrected chi connectivity index (χ4v) is 1.98. The van der Waals surface area contributed by atoms with Gasteiger partial charge in [-0.05, 0) is 30.2 Å². The highest BCUT2D eigenvalue weighted by Crippen LogP contribution is 2.05. The first-order chi connectivity index (χ1) is 10.1. The summed E-state index contributed by atoms with van der Waals surface area (Å²) in [5.74, 6) is -1.22. The molecule has 2 aromatic heterocycles. The van der Waals surface area contributed by atoms with Crippen LogP contribution in [0.3, 0.4) is 0 Å². The number of aryl methyl sites for hydroxylation is 1. The highest BCUT2D eigenvalue weighted by atomic mass is 16.4. The minimum absolute atomic E-state index is 0.0121. The van der Waals surface area contributed by atoms with Crippen LogP contribution in [-0.2, 0) is 13.1 Å². The Morgan fingerprint density at radius 1 is 1.33 bits per heavy atom. The van der Waals surface area contributed by atoms with Crippen LogP contribution in [0.1, 0.15) is 39.9 Å². The van der Waals surface area contributed by atoms with E-state index in [0.29, 0.717) is 12.2 Å². The summed E-state index contributed by atoms with van der Waals surface area (Å²) >= 11 is 0. The Morgan fingerprint density at radius 3 is 2.76 bits per heavy atom. The zero-order valence-electron chi connectivity index (χ0n) is 11.7. The van der Waals surface area contributed by atoms with Crippen molar-refractivity contribution >= 4 is 11.9 Å². The van der Waals surface area contributed by atoms with Gasteiger partial charge < -0.3 is 15.0 Å². The van der Waals surface area contributed by atoms with Crippen molar-refractivity contribution in [2.45, 2.75) is 26.4 Å². The molecule has 0 aromatic carbocycles. The molecule has 0 bridgehead atoms. The fourth-order valence-electron chi connectivity index (χ4n) is 1.98. The van der Waals surface area contributed by atoms with Crippen molar-refractivity contribution in [2.24, 2.45) is 0 Å². The van der Waals surface area contributed by atoms with Crippen molar-refractivity contribution in [3.63, 3.8) is 0 Å². The van der Waals surface area contributed by atoms with Crippen LogP contribution in [0.25, 0.3) is 0 Å². The lowest BCUT2D eigenvalue weighted by atomic mass is 10.2. The summed E-state index contributed by atoms with van der Waals surface area (Å²) in [4.78, 5) is 26.6. The van der Waals surface area contributed by atoms with E-state index in [0.717, 1.165) is 18.5 Å². The Bertz CT molecular complexity index is 632. The van der Waals surface area contributed by atoms with Crippen LogP contribution in [0.4, 0.5) is 0 Å². The van der Waals surface area contributed by atoms with E-state index in [1.54, 1.807) is 12.1 Å². The van der Waals surface area contributed by atoms with E-state index in [4.69, 9.17) is 5.11 Å². The van der Waals surface area contributed by atoms with E-state index in [-0.39, 0.29) is 11.6 Å². The highest BCUT2D eigenvalue weighted by Gasteiger charge is 2.10. The zero-order valence-corrected chi connectivity index (χ0v) is 11.7. The van der Waals surface area contributed by atoms with E-state index < -0.39 is 5.97 Å². The molecule has 0 aliphatic rings. The van der Waals surface area contributed by atoms with Gasteiger partial charge in [0.25, 0.3) is 5.91 Å². The molecule has 6 heteroatoms. The molecular formula is C15H17N3O3. The maximum absolute atomic E-state index is 12.1. The van der Waals surface area contributed by atoms with Crippen LogP contribution in [0, 0.1) is 0 Å². The summed E-state index contributed by atoms with van der Waals surface area (Å²) in [7, 11) is 0. The molecule has 6 nitrogen and oxygen atoms in total. The lowest BCUT2D eigenvalue weighted by Gasteiger charge is -2.09. The maximum atomic E-state index is 12.1. The molecule has 1 amide bonds. The molecule has 0 unspecified atom stereocenters. The topological polar surface area (TPSA) is 84.2 Å². The van der Waals surface area contributed by atoms with Crippen molar-refractivity contribution in [3.8, 4) is 0 Å². The van der Waals surface area contributed by atoms with Crippen LogP contribution in [0.5, 0.6) is 0 Å². The molecule has 0 fully saturated rings. The Morgan fingerprint density at radius 2 is 2.14 bits per heavy atom. The molecule has 0 aliphatic carbocycles. The molecule has 2 rings (SSSR count). The van der Waals surface area contributed by atoms with Crippen molar-refractivity contribution in [3.05, 3.63) is 53.6 Å². The first-order valence-corrected chi connectivity index (χ1v) is 6.73. The summed E-state index contributed by atoms with van der Waals surface area (Å²) in [6.07, 6.45) is 4.28. The first-order valence-electron chi connectivity index (χ1n) is 6.73. The Kier molecular flexibility index (Phi) is 4.71. The van der Waals surface area contributed by atoms with Gasteiger partial charge in [0.1, 0.15) is 11.4 Å². The second-order valence-corrected chi connectivity index (χ2v) is 4.63. The molecule has 2 N–H and O–H groups in total. The number of nitrogens with zero attached hydrogens (tertiary/aromatic N) is 2. The Labute approximate surface area is 122 Å². The molecule has 110 valence electrons. The number of aromatic carboxylic acids is 1.